The van der Waals surface area contributed by atoms with Crippen molar-refractivity contribution >= 4 is 33.7 Å². The van der Waals surface area contributed by atoms with Gasteiger partial charge in [-0.15, -0.1) is 0 Å². The van der Waals surface area contributed by atoms with Gasteiger partial charge in [0.05, 0.1) is 52.0 Å². The van der Waals surface area contributed by atoms with E-state index in [2.05, 4.69) is 10.5 Å². The average molecular weight is 461 g/mol. The molecule has 0 saturated carbocycles. The van der Waals surface area contributed by atoms with Gasteiger partial charge in [-0.05, 0) is 12.1 Å². The van der Waals surface area contributed by atoms with Crippen molar-refractivity contribution in [3.63, 3.8) is 0 Å². The molecule has 1 aromatic heterocycles. The fraction of sp³-hybridized carbons (Fsp3) is 0.286. The zero-order valence-corrected chi connectivity index (χ0v) is 19.1. The van der Waals surface area contributed by atoms with Gasteiger partial charge in [0.15, 0.2) is 23.0 Å². The molecule has 3 rings (SSSR count). The third-order valence-electron chi connectivity index (χ3n) is 4.57. The molecular weight excluding hydrogens is 438 g/mol. The number of carbonyl (C=O) groups excluding carboxylic acids is 1. The van der Waals surface area contributed by atoms with Crippen LogP contribution in [-0.2, 0) is 11.3 Å². The van der Waals surface area contributed by atoms with E-state index in [-0.39, 0.29) is 11.4 Å². The summed E-state index contributed by atoms with van der Waals surface area (Å²) in [6.45, 7) is -0.207. The molecule has 0 aliphatic rings. The standard InChI is InChI=1S/C21H23N3O7S/c1-27-14-8-13-18(9-15(14)28-2)32-21(26)24(13)11-19(25)23-22-10-12-6-16(29-3)20(31-5)17(7-12)30-4/h6-10H,11H2,1-5H3,(H,23,25)/b22-10+. The lowest BCUT2D eigenvalue weighted by Crippen LogP contribution is -2.27. The maximum Gasteiger partial charge on any atom is 0.308 e. The molecule has 0 radical (unpaired) electrons. The summed E-state index contributed by atoms with van der Waals surface area (Å²) in [7, 11) is 7.54. The van der Waals surface area contributed by atoms with Crippen molar-refractivity contribution in [3.05, 3.63) is 39.5 Å². The van der Waals surface area contributed by atoms with Crippen LogP contribution in [0, 0.1) is 0 Å². The van der Waals surface area contributed by atoms with E-state index >= 15 is 0 Å². The molecule has 170 valence electrons. The Kier molecular flexibility index (Phi) is 7.21. The number of nitrogens with one attached hydrogen (secondary N) is 1. The van der Waals surface area contributed by atoms with Gasteiger partial charge < -0.3 is 23.7 Å². The SMILES string of the molecule is COc1cc2sc(=O)n(CC(=O)N/N=C/c3cc(OC)c(OC)c(OC)c3)c2cc1OC. The van der Waals surface area contributed by atoms with E-state index in [1.165, 1.54) is 46.3 Å². The molecule has 1 N–H and O–H groups in total. The molecule has 1 amide bonds. The lowest BCUT2D eigenvalue weighted by atomic mass is 10.2. The van der Waals surface area contributed by atoms with Gasteiger partial charge in [-0.3, -0.25) is 14.2 Å². The van der Waals surface area contributed by atoms with E-state index in [1.807, 2.05) is 0 Å². The highest BCUT2D eigenvalue weighted by molar-refractivity contribution is 7.16. The fourth-order valence-corrected chi connectivity index (χ4v) is 3.97. The van der Waals surface area contributed by atoms with Crippen molar-refractivity contribution in [1.82, 2.24) is 9.99 Å². The monoisotopic (exact) mass is 461 g/mol. The highest BCUT2D eigenvalue weighted by Gasteiger charge is 2.16. The van der Waals surface area contributed by atoms with Gasteiger partial charge in [0.2, 0.25) is 5.75 Å². The minimum absolute atomic E-state index is 0.207. The van der Waals surface area contributed by atoms with Crippen LogP contribution in [0.3, 0.4) is 0 Å². The maximum absolute atomic E-state index is 12.4. The van der Waals surface area contributed by atoms with Gasteiger partial charge in [0.25, 0.3) is 5.91 Å². The number of carbonyl (C=O) groups is 1. The number of ether oxygens (including phenoxy) is 5. The number of nitrogens with zero attached hydrogens (tertiary/aromatic N) is 2. The molecule has 0 fully saturated rings. The number of amides is 1. The number of hydrazone groups is 1. The van der Waals surface area contributed by atoms with Gasteiger partial charge in [-0.1, -0.05) is 11.3 Å². The summed E-state index contributed by atoms with van der Waals surface area (Å²) in [6, 6.07) is 6.75. The summed E-state index contributed by atoms with van der Waals surface area (Å²) in [5.74, 6) is 1.87. The third-order valence-corrected chi connectivity index (χ3v) is 5.51. The van der Waals surface area contributed by atoms with Crippen molar-refractivity contribution in [2.75, 3.05) is 35.5 Å². The molecule has 11 heteroatoms. The largest absolute Gasteiger partial charge is 0.493 e. The van der Waals surface area contributed by atoms with Crippen LogP contribution in [0.2, 0.25) is 0 Å². The number of thiazole rings is 1. The Labute approximate surface area is 187 Å². The Hall–Kier alpha value is -3.73. The second-order valence-corrected chi connectivity index (χ2v) is 7.37. The summed E-state index contributed by atoms with van der Waals surface area (Å²) in [4.78, 5) is 24.5. The summed E-state index contributed by atoms with van der Waals surface area (Å²) in [5, 5.41) is 3.97. The number of fused-ring (bicyclic) bond motifs is 1. The van der Waals surface area contributed by atoms with Crippen LogP contribution in [0.1, 0.15) is 5.56 Å². The van der Waals surface area contributed by atoms with Gasteiger partial charge in [0.1, 0.15) is 6.54 Å². The predicted molar refractivity (Wildman–Crippen MR) is 121 cm³/mol. The lowest BCUT2D eigenvalue weighted by Gasteiger charge is -2.12. The van der Waals surface area contributed by atoms with Gasteiger partial charge in [0, 0.05) is 17.7 Å². The molecule has 0 saturated heterocycles. The normalized spacial score (nSPS) is 10.9. The molecule has 3 aromatic rings. The van der Waals surface area contributed by atoms with Crippen LogP contribution in [0.4, 0.5) is 0 Å². The van der Waals surface area contributed by atoms with Crippen LogP contribution in [-0.4, -0.2) is 52.2 Å². The Morgan fingerprint density at radius 3 is 2.09 bits per heavy atom. The third kappa shape index (κ3) is 4.62. The number of rotatable bonds is 9. The molecule has 1 heterocycles. The second-order valence-electron chi connectivity index (χ2n) is 6.38. The quantitative estimate of drug-likeness (QED) is 0.384. The number of hydrogen-bond donors (Lipinski definition) is 1. The fourth-order valence-electron chi connectivity index (χ4n) is 3.07. The zero-order valence-electron chi connectivity index (χ0n) is 18.3. The van der Waals surface area contributed by atoms with Crippen LogP contribution in [0.5, 0.6) is 28.7 Å². The van der Waals surface area contributed by atoms with Gasteiger partial charge in [-0.2, -0.15) is 5.10 Å². The number of methoxy groups -OCH3 is 5. The van der Waals surface area contributed by atoms with E-state index in [0.29, 0.717) is 44.5 Å². The topological polar surface area (TPSA) is 110 Å². The van der Waals surface area contributed by atoms with Crippen molar-refractivity contribution in [2.24, 2.45) is 5.10 Å². The zero-order chi connectivity index (χ0) is 23.3. The van der Waals surface area contributed by atoms with Crippen molar-refractivity contribution < 1.29 is 28.5 Å². The highest BCUT2D eigenvalue weighted by Crippen LogP contribution is 2.37. The minimum Gasteiger partial charge on any atom is -0.493 e. The number of aromatic nitrogens is 1. The minimum atomic E-state index is -0.467. The lowest BCUT2D eigenvalue weighted by molar-refractivity contribution is -0.121. The van der Waals surface area contributed by atoms with Gasteiger partial charge in [-0.25, -0.2) is 5.43 Å². The average Bonchev–Trinajstić information content (AvgIpc) is 3.10. The Morgan fingerprint density at radius 2 is 1.53 bits per heavy atom. The molecule has 10 nitrogen and oxygen atoms in total. The van der Waals surface area contributed by atoms with Crippen LogP contribution >= 0.6 is 11.3 Å². The summed E-state index contributed by atoms with van der Waals surface area (Å²) in [5.41, 5.74) is 3.61. The van der Waals surface area contributed by atoms with Crippen LogP contribution in [0.15, 0.2) is 34.2 Å². The van der Waals surface area contributed by atoms with Crippen molar-refractivity contribution in [3.8, 4) is 28.7 Å². The number of benzene rings is 2. The molecule has 0 aliphatic carbocycles. The molecule has 0 unspecified atom stereocenters. The first-order chi connectivity index (χ1) is 15.4. The van der Waals surface area contributed by atoms with Crippen LogP contribution in [0.25, 0.3) is 10.2 Å². The molecule has 2 aromatic carbocycles. The molecule has 0 bridgehead atoms. The molecule has 0 atom stereocenters. The predicted octanol–water partition coefficient (Wildman–Crippen LogP) is 2.26. The molecular formula is C21H23N3O7S. The highest BCUT2D eigenvalue weighted by atomic mass is 32.1. The summed E-state index contributed by atoms with van der Waals surface area (Å²) < 4.78 is 28.5. The number of hydrogen-bond acceptors (Lipinski definition) is 9. The van der Waals surface area contributed by atoms with E-state index in [9.17, 15) is 9.59 Å². The Bertz CT molecular complexity index is 1190. The second kappa shape index (κ2) is 10.1. The van der Waals surface area contributed by atoms with Gasteiger partial charge >= 0.3 is 4.87 Å². The summed E-state index contributed by atoms with van der Waals surface area (Å²) >= 11 is 1.02. The van der Waals surface area contributed by atoms with E-state index < -0.39 is 5.91 Å². The first kappa shape index (κ1) is 22.9. The molecule has 32 heavy (non-hydrogen) atoms. The Morgan fingerprint density at radius 1 is 0.938 bits per heavy atom. The first-order valence-corrected chi connectivity index (χ1v) is 10.1. The smallest absolute Gasteiger partial charge is 0.308 e. The van der Waals surface area contributed by atoms with Crippen molar-refractivity contribution in [2.45, 2.75) is 6.54 Å². The maximum atomic E-state index is 12.4. The first-order valence-electron chi connectivity index (χ1n) is 9.33. The van der Waals surface area contributed by atoms with E-state index in [1.54, 1.807) is 24.3 Å². The van der Waals surface area contributed by atoms with E-state index in [4.69, 9.17) is 23.7 Å². The summed E-state index contributed by atoms with van der Waals surface area (Å²) in [6.07, 6.45) is 1.44. The van der Waals surface area contributed by atoms with Crippen molar-refractivity contribution in [1.29, 1.82) is 0 Å². The van der Waals surface area contributed by atoms with Crippen LogP contribution < -0.4 is 34.0 Å². The molecule has 0 aliphatic heterocycles. The van der Waals surface area contributed by atoms with E-state index in [0.717, 1.165) is 11.3 Å². The Balaban J connectivity index is 1.78. The molecule has 0 spiro atoms.